The molecule has 0 aromatic heterocycles. The molecule has 0 aliphatic carbocycles. The van der Waals surface area contributed by atoms with Crippen molar-refractivity contribution in [2.45, 2.75) is 19.8 Å². The van der Waals surface area contributed by atoms with Crippen LogP contribution in [0, 0.1) is 10.5 Å². The van der Waals surface area contributed by atoms with Crippen LogP contribution in [-0.4, -0.2) is 16.8 Å². The molecule has 2 aromatic rings. The standard InChI is InChI=1S/C17H16INO3/c1-11-2-7-14(16(21)10-11)19-17(22)9-8-15(20)12-3-5-13(18)6-4-12/h2-7,10,21H,8-9H2,1H3,(H,19,22). The summed E-state index contributed by atoms with van der Waals surface area (Å²) in [6, 6.07) is 12.2. The molecule has 0 bridgehead atoms. The van der Waals surface area contributed by atoms with E-state index in [0.29, 0.717) is 11.3 Å². The van der Waals surface area contributed by atoms with Gasteiger partial charge in [0, 0.05) is 22.0 Å². The first-order chi connectivity index (χ1) is 10.5. The molecule has 22 heavy (non-hydrogen) atoms. The molecule has 0 fully saturated rings. The Labute approximate surface area is 142 Å². The maximum absolute atomic E-state index is 12.0. The van der Waals surface area contributed by atoms with E-state index in [1.165, 1.54) is 0 Å². The third kappa shape index (κ3) is 4.56. The van der Waals surface area contributed by atoms with Crippen molar-refractivity contribution < 1.29 is 14.7 Å². The van der Waals surface area contributed by atoms with Gasteiger partial charge in [0.25, 0.3) is 0 Å². The van der Waals surface area contributed by atoms with E-state index in [4.69, 9.17) is 0 Å². The summed E-state index contributed by atoms with van der Waals surface area (Å²) >= 11 is 2.17. The van der Waals surface area contributed by atoms with E-state index in [1.807, 2.05) is 19.1 Å². The number of hydrogen-bond acceptors (Lipinski definition) is 3. The molecule has 0 aliphatic rings. The number of aryl methyl sites for hydroxylation is 1. The van der Waals surface area contributed by atoms with E-state index in [0.717, 1.165) is 9.13 Å². The van der Waals surface area contributed by atoms with Crippen LogP contribution in [0.15, 0.2) is 42.5 Å². The van der Waals surface area contributed by atoms with Crippen LogP contribution in [0.3, 0.4) is 0 Å². The number of Topliss-reactive ketones (excluding diaryl/α,β-unsaturated/α-hetero) is 1. The molecule has 0 saturated carbocycles. The van der Waals surface area contributed by atoms with Gasteiger partial charge in [0.1, 0.15) is 5.75 Å². The molecular weight excluding hydrogens is 393 g/mol. The minimum absolute atomic E-state index is 0.0253. The van der Waals surface area contributed by atoms with Gasteiger partial charge in [0.15, 0.2) is 5.78 Å². The van der Waals surface area contributed by atoms with Gasteiger partial charge in [-0.2, -0.15) is 0 Å². The molecule has 0 heterocycles. The number of phenols is 1. The summed E-state index contributed by atoms with van der Waals surface area (Å²) in [5.74, 6) is -0.338. The third-order valence-corrected chi connectivity index (χ3v) is 3.89. The molecule has 0 saturated heterocycles. The Morgan fingerprint density at radius 1 is 1.09 bits per heavy atom. The van der Waals surface area contributed by atoms with E-state index in [-0.39, 0.29) is 30.3 Å². The first kappa shape index (κ1) is 16.5. The van der Waals surface area contributed by atoms with Crippen molar-refractivity contribution in [3.8, 4) is 5.75 Å². The predicted molar refractivity (Wildman–Crippen MR) is 94.2 cm³/mol. The maximum Gasteiger partial charge on any atom is 0.224 e. The molecule has 2 aromatic carbocycles. The van der Waals surface area contributed by atoms with Crippen LogP contribution in [0.25, 0.3) is 0 Å². The Balaban J connectivity index is 1.89. The second kappa shape index (κ2) is 7.40. The zero-order valence-corrected chi connectivity index (χ0v) is 14.3. The lowest BCUT2D eigenvalue weighted by Gasteiger charge is -2.08. The quantitative estimate of drug-likeness (QED) is 0.447. The summed E-state index contributed by atoms with van der Waals surface area (Å²) in [5, 5.41) is 12.4. The molecule has 5 heteroatoms. The zero-order chi connectivity index (χ0) is 16.1. The van der Waals surface area contributed by atoms with Crippen molar-refractivity contribution in [2.24, 2.45) is 0 Å². The second-order valence-corrected chi connectivity index (χ2v) is 6.24. The highest BCUT2D eigenvalue weighted by molar-refractivity contribution is 14.1. The highest BCUT2D eigenvalue weighted by atomic mass is 127. The van der Waals surface area contributed by atoms with Crippen molar-refractivity contribution in [3.63, 3.8) is 0 Å². The van der Waals surface area contributed by atoms with Gasteiger partial charge in [0.05, 0.1) is 5.69 Å². The molecule has 0 unspecified atom stereocenters. The largest absolute Gasteiger partial charge is 0.506 e. The topological polar surface area (TPSA) is 66.4 Å². The van der Waals surface area contributed by atoms with Gasteiger partial charge in [-0.05, 0) is 59.3 Å². The summed E-state index contributed by atoms with van der Waals surface area (Å²) in [4.78, 5) is 23.9. The fourth-order valence-corrected chi connectivity index (χ4v) is 2.33. The van der Waals surface area contributed by atoms with Crippen molar-refractivity contribution in [1.29, 1.82) is 0 Å². The van der Waals surface area contributed by atoms with E-state index in [1.54, 1.807) is 30.3 Å². The molecule has 4 nitrogen and oxygen atoms in total. The Morgan fingerprint density at radius 2 is 1.77 bits per heavy atom. The highest BCUT2D eigenvalue weighted by Gasteiger charge is 2.11. The molecule has 114 valence electrons. The summed E-state index contributed by atoms with van der Waals surface area (Å²) in [7, 11) is 0. The van der Waals surface area contributed by atoms with Gasteiger partial charge < -0.3 is 10.4 Å². The van der Waals surface area contributed by atoms with Crippen LogP contribution < -0.4 is 5.32 Å². The number of hydrogen-bond donors (Lipinski definition) is 2. The molecule has 0 aliphatic heterocycles. The van der Waals surface area contributed by atoms with Crippen LogP contribution in [0.2, 0.25) is 0 Å². The molecule has 2 N–H and O–H groups in total. The number of phenolic OH excluding ortho intramolecular Hbond substituents is 1. The number of nitrogens with one attached hydrogen (secondary N) is 1. The Hall–Kier alpha value is -1.89. The number of halogens is 1. The number of aromatic hydroxyl groups is 1. The lowest BCUT2D eigenvalue weighted by atomic mass is 10.1. The van der Waals surface area contributed by atoms with Crippen LogP contribution in [0.1, 0.15) is 28.8 Å². The molecule has 0 atom stereocenters. The summed E-state index contributed by atoms with van der Waals surface area (Å²) < 4.78 is 1.06. The van der Waals surface area contributed by atoms with Crippen LogP contribution >= 0.6 is 22.6 Å². The van der Waals surface area contributed by atoms with Gasteiger partial charge in [-0.15, -0.1) is 0 Å². The zero-order valence-electron chi connectivity index (χ0n) is 12.1. The highest BCUT2D eigenvalue weighted by Crippen LogP contribution is 2.24. The number of ketones is 1. The summed E-state index contributed by atoms with van der Waals surface area (Å²) in [6.07, 6.45) is 0.219. The first-order valence-electron chi connectivity index (χ1n) is 6.84. The number of carbonyl (C=O) groups is 2. The van der Waals surface area contributed by atoms with E-state index < -0.39 is 0 Å². The minimum Gasteiger partial charge on any atom is -0.506 e. The van der Waals surface area contributed by atoms with Gasteiger partial charge in [-0.1, -0.05) is 18.2 Å². The SMILES string of the molecule is Cc1ccc(NC(=O)CCC(=O)c2ccc(I)cc2)c(O)c1. The maximum atomic E-state index is 12.0. The molecule has 0 radical (unpaired) electrons. The van der Waals surface area contributed by atoms with Crippen LogP contribution in [-0.2, 0) is 4.79 Å². The summed E-state index contributed by atoms with van der Waals surface area (Å²) in [6.45, 7) is 1.85. The van der Waals surface area contributed by atoms with Crippen LogP contribution in [0.5, 0.6) is 5.75 Å². The van der Waals surface area contributed by atoms with Crippen LogP contribution in [0.4, 0.5) is 5.69 Å². The van der Waals surface area contributed by atoms with Crippen molar-refractivity contribution in [1.82, 2.24) is 0 Å². The lowest BCUT2D eigenvalue weighted by Crippen LogP contribution is -2.13. The molecule has 1 amide bonds. The van der Waals surface area contributed by atoms with Gasteiger partial charge in [-0.3, -0.25) is 9.59 Å². The number of anilines is 1. The van der Waals surface area contributed by atoms with E-state index >= 15 is 0 Å². The fourth-order valence-electron chi connectivity index (χ4n) is 1.97. The normalized spacial score (nSPS) is 10.3. The Bertz CT molecular complexity index is 696. The second-order valence-electron chi connectivity index (χ2n) is 5.00. The van der Waals surface area contributed by atoms with Crippen molar-refractivity contribution >= 4 is 40.0 Å². The van der Waals surface area contributed by atoms with Crippen molar-refractivity contribution in [2.75, 3.05) is 5.32 Å². The number of benzene rings is 2. The average molecular weight is 409 g/mol. The monoisotopic (exact) mass is 409 g/mol. The predicted octanol–water partition coefficient (Wildman–Crippen LogP) is 3.91. The molecule has 0 spiro atoms. The molecule has 2 rings (SSSR count). The Morgan fingerprint density at radius 3 is 2.41 bits per heavy atom. The first-order valence-corrected chi connectivity index (χ1v) is 7.92. The summed E-state index contributed by atoms with van der Waals surface area (Å²) in [5.41, 5.74) is 1.87. The minimum atomic E-state index is -0.294. The van der Waals surface area contributed by atoms with Crippen molar-refractivity contribution in [3.05, 3.63) is 57.2 Å². The number of carbonyl (C=O) groups excluding carboxylic acids is 2. The smallest absolute Gasteiger partial charge is 0.224 e. The lowest BCUT2D eigenvalue weighted by molar-refractivity contribution is -0.116. The van der Waals surface area contributed by atoms with Gasteiger partial charge in [0.2, 0.25) is 5.91 Å². The van der Waals surface area contributed by atoms with E-state index in [9.17, 15) is 14.7 Å². The fraction of sp³-hybridized carbons (Fsp3) is 0.176. The average Bonchev–Trinajstić information content (AvgIpc) is 2.48. The van der Waals surface area contributed by atoms with Gasteiger partial charge in [-0.25, -0.2) is 0 Å². The van der Waals surface area contributed by atoms with E-state index in [2.05, 4.69) is 27.9 Å². The van der Waals surface area contributed by atoms with Gasteiger partial charge >= 0.3 is 0 Å². The molecular formula is C17H16INO3. The number of amides is 1. The number of rotatable bonds is 5. The third-order valence-electron chi connectivity index (χ3n) is 3.17. The Kier molecular flexibility index (Phi) is 5.54.